The Morgan fingerprint density at radius 3 is 2.85 bits per heavy atom. The molecule has 3 aliphatic carbocycles. The first-order chi connectivity index (χ1) is 16.6. The van der Waals surface area contributed by atoms with Gasteiger partial charge in [0.05, 0.1) is 35.3 Å². The molecule has 7 atom stereocenters. The van der Waals surface area contributed by atoms with Gasteiger partial charge in [0.2, 0.25) is 0 Å². The average Bonchev–Trinajstić information content (AvgIpc) is 3.53. The minimum absolute atomic E-state index is 0.0445. The van der Waals surface area contributed by atoms with Crippen LogP contribution in [0.3, 0.4) is 0 Å². The highest BCUT2D eigenvalue weighted by atomic mass is 32.1. The van der Waals surface area contributed by atoms with E-state index in [4.69, 9.17) is 4.74 Å². The lowest BCUT2D eigenvalue weighted by atomic mass is 9.77. The third-order valence-electron chi connectivity index (χ3n) is 8.09. The molecule has 6 unspecified atom stereocenters. The molecule has 6 rings (SSSR count). The van der Waals surface area contributed by atoms with Gasteiger partial charge >= 0.3 is 0 Å². The van der Waals surface area contributed by atoms with Crippen molar-refractivity contribution in [2.75, 3.05) is 6.54 Å². The normalized spacial score (nSPS) is 34.7. The predicted molar refractivity (Wildman–Crippen MR) is 131 cm³/mol. The van der Waals surface area contributed by atoms with Gasteiger partial charge in [-0.05, 0) is 50.3 Å². The SMILES string of the molecule is Cc1ncnc2c1C=CC2C1CC(OC2=C3CN=CCCC3CC(c3cscn3)C2)[C@H](O)C1O. The van der Waals surface area contributed by atoms with E-state index in [1.807, 2.05) is 24.7 Å². The number of aromatic nitrogens is 3. The number of aliphatic imine (C=N–C) groups is 1. The van der Waals surface area contributed by atoms with Crippen LogP contribution in [-0.4, -0.2) is 56.2 Å². The van der Waals surface area contributed by atoms with E-state index < -0.39 is 18.3 Å². The van der Waals surface area contributed by atoms with E-state index in [0.717, 1.165) is 54.1 Å². The van der Waals surface area contributed by atoms with Gasteiger partial charge in [-0.15, -0.1) is 11.3 Å². The quantitative estimate of drug-likeness (QED) is 0.693. The zero-order valence-electron chi connectivity index (χ0n) is 19.2. The second-order valence-corrected chi connectivity index (χ2v) is 10.7. The van der Waals surface area contributed by atoms with Gasteiger partial charge in [-0.1, -0.05) is 12.2 Å². The van der Waals surface area contributed by atoms with E-state index in [-0.39, 0.29) is 11.8 Å². The van der Waals surface area contributed by atoms with E-state index >= 15 is 0 Å². The molecule has 34 heavy (non-hydrogen) atoms. The summed E-state index contributed by atoms with van der Waals surface area (Å²) < 4.78 is 6.60. The topological polar surface area (TPSA) is 101 Å². The number of aliphatic hydroxyl groups excluding tert-OH is 2. The van der Waals surface area contributed by atoms with Gasteiger partial charge in [-0.3, -0.25) is 4.99 Å². The predicted octanol–water partition coefficient (Wildman–Crippen LogP) is 3.79. The molecule has 7 nitrogen and oxygen atoms in total. The van der Waals surface area contributed by atoms with Gasteiger partial charge in [0.1, 0.15) is 18.5 Å². The number of fused-ring (bicyclic) bond motifs is 2. The van der Waals surface area contributed by atoms with Crippen molar-refractivity contribution in [1.82, 2.24) is 15.0 Å². The van der Waals surface area contributed by atoms with Crippen molar-refractivity contribution in [3.63, 3.8) is 0 Å². The van der Waals surface area contributed by atoms with Crippen LogP contribution >= 0.6 is 11.3 Å². The molecule has 2 aromatic rings. The van der Waals surface area contributed by atoms with Gasteiger partial charge in [0.25, 0.3) is 0 Å². The Morgan fingerprint density at radius 1 is 1.09 bits per heavy atom. The van der Waals surface area contributed by atoms with Gasteiger partial charge < -0.3 is 14.9 Å². The molecule has 0 aromatic carbocycles. The molecule has 0 radical (unpaired) electrons. The summed E-state index contributed by atoms with van der Waals surface area (Å²) in [5.41, 5.74) is 7.19. The van der Waals surface area contributed by atoms with Crippen LogP contribution in [0.5, 0.6) is 0 Å². The fourth-order valence-electron chi connectivity index (χ4n) is 6.25. The van der Waals surface area contributed by atoms with Crippen LogP contribution in [0.15, 0.2) is 39.6 Å². The minimum atomic E-state index is -0.939. The largest absolute Gasteiger partial charge is 0.492 e. The lowest BCUT2D eigenvalue weighted by Crippen LogP contribution is -2.34. The number of hydrogen-bond acceptors (Lipinski definition) is 8. The monoisotopic (exact) mass is 478 g/mol. The number of allylic oxidation sites excluding steroid dienone is 2. The zero-order valence-corrected chi connectivity index (χ0v) is 20.1. The fourth-order valence-corrected chi connectivity index (χ4v) is 6.89. The zero-order chi connectivity index (χ0) is 23.2. The number of rotatable bonds is 4. The lowest BCUT2D eigenvalue weighted by Gasteiger charge is -2.33. The number of ether oxygens (including phenoxy) is 1. The van der Waals surface area contributed by atoms with Gasteiger partial charge in [-0.25, -0.2) is 15.0 Å². The highest BCUT2D eigenvalue weighted by Crippen LogP contribution is 2.47. The van der Waals surface area contributed by atoms with Crippen LogP contribution in [0.2, 0.25) is 0 Å². The van der Waals surface area contributed by atoms with Crippen molar-refractivity contribution in [2.24, 2.45) is 16.8 Å². The summed E-state index contributed by atoms with van der Waals surface area (Å²) in [4.78, 5) is 18.0. The van der Waals surface area contributed by atoms with Crippen molar-refractivity contribution >= 4 is 23.6 Å². The number of thiazole rings is 1. The van der Waals surface area contributed by atoms with Crippen LogP contribution in [0.25, 0.3) is 6.08 Å². The molecule has 1 aliphatic heterocycles. The highest BCUT2D eigenvalue weighted by Gasteiger charge is 2.48. The van der Waals surface area contributed by atoms with Crippen molar-refractivity contribution in [2.45, 2.75) is 69.2 Å². The van der Waals surface area contributed by atoms with E-state index in [0.29, 0.717) is 24.8 Å². The molecule has 2 N–H and O–H groups in total. The summed E-state index contributed by atoms with van der Waals surface area (Å²) in [6.45, 7) is 2.63. The van der Waals surface area contributed by atoms with Gasteiger partial charge in [-0.2, -0.15) is 0 Å². The molecular weight excluding hydrogens is 448 g/mol. The minimum Gasteiger partial charge on any atom is -0.492 e. The van der Waals surface area contributed by atoms with E-state index in [1.54, 1.807) is 17.7 Å². The Bertz CT molecular complexity index is 1140. The van der Waals surface area contributed by atoms with E-state index in [2.05, 4.69) is 31.4 Å². The summed E-state index contributed by atoms with van der Waals surface area (Å²) in [6.07, 6.45) is 9.94. The molecule has 0 amide bonds. The van der Waals surface area contributed by atoms with Crippen LogP contribution in [0.4, 0.5) is 0 Å². The van der Waals surface area contributed by atoms with Crippen molar-refractivity contribution in [3.8, 4) is 0 Å². The number of nitrogens with zero attached hydrogens (tertiary/aromatic N) is 4. The Kier molecular flexibility index (Phi) is 5.83. The first kappa shape index (κ1) is 22.1. The molecule has 0 saturated heterocycles. The standard InChI is InChI=1S/C26H30N4O3S/c1-14-17-4-5-18(24(17)29-12-28-14)19-9-23(26(32)25(19)31)33-22-8-16(21-11-34-13-30-21)7-15-3-2-6-27-10-20(15)22/h4-6,11-13,15-16,18-19,23,25-26,31-32H,2-3,7-10H2,1H3/t15?,16?,18?,19?,23?,25?,26-/m0/s1. The third kappa shape index (κ3) is 3.82. The second-order valence-electron chi connectivity index (χ2n) is 9.98. The van der Waals surface area contributed by atoms with Crippen LogP contribution in [0, 0.1) is 18.8 Å². The molecule has 3 heterocycles. The molecule has 178 valence electrons. The lowest BCUT2D eigenvalue weighted by molar-refractivity contribution is -0.0416. The second kappa shape index (κ2) is 8.98. The summed E-state index contributed by atoms with van der Waals surface area (Å²) in [6, 6.07) is 0. The molecule has 1 saturated carbocycles. The molecule has 1 fully saturated rings. The first-order valence-electron chi connectivity index (χ1n) is 12.2. The Morgan fingerprint density at radius 2 is 2.00 bits per heavy atom. The van der Waals surface area contributed by atoms with Gasteiger partial charge in [0, 0.05) is 40.8 Å². The number of hydrogen-bond donors (Lipinski definition) is 2. The number of aryl methyl sites for hydroxylation is 1. The molecule has 2 aromatic heterocycles. The molecule has 0 bridgehead atoms. The Balaban J connectivity index is 1.26. The fraction of sp³-hybridized carbons (Fsp3) is 0.538. The van der Waals surface area contributed by atoms with Crippen molar-refractivity contribution in [3.05, 3.63) is 57.3 Å². The van der Waals surface area contributed by atoms with Crippen LogP contribution in [0.1, 0.15) is 66.6 Å². The molecule has 8 heteroatoms. The molecule has 4 aliphatic rings. The highest BCUT2D eigenvalue weighted by molar-refractivity contribution is 7.07. The maximum absolute atomic E-state index is 11.0. The van der Waals surface area contributed by atoms with E-state index in [1.165, 1.54) is 5.57 Å². The summed E-state index contributed by atoms with van der Waals surface area (Å²) in [5, 5.41) is 24.2. The van der Waals surface area contributed by atoms with Crippen LogP contribution < -0.4 is 0 Å². The summed E-state index contributed by atoms with van der Waals surface area (Å²) in [5.74, 6) is 1.49. The van der Waals surface area contributed by atoms with Gasteiger partial charge in [0.15, 0.2) is 0 Å². The maximum Gasteiger partial charge on any atom is 0.127 e. The van der Waals surface area contributed by atoms with Crippen molar-refractivity contribution < 1.29 is 14.9 Å². The summed E-state index contributed by atoms with van der Waals surface area (Å²) in [7, 11) is 0. The van der Waals surface area contributed by atoms with Crippen LogP contribution in [-0.2, 0) is 4.74 Å². The van der Waals surface area contributed by atoms with Crippen molar-refractivity contribution in [1.29, 1.82) is 0 Å². The molecule has 0 spiro atoms. The first-order valence-corrected chi connectivity index (χ1v) is 13.1. The number of aliphatic hydroxyl groups is 2. The Labute approximate surface area is 203 Å². The third-order valence-corrected chi connectivity index (χ3v) is 8.69. The summed E-state index contributed by atoms with van der Waals surface area (Å²) >= 11 is 1.63. The average molecular weight is 479 g/mol. The van der Waals surface area contributed by atoms with E-state index in [9.17, 15) is 10.2 Å². The molecular formula is C26H30N4O3S. The Hall–Kier alpha value is -2.42. The smallest absolute Gasteiger partial charge is 0.127 e. The maximum atomic E-state index is 11.0.